The molecule has 0 bridgehead atoms. The number of carbonyl (C=O) groups excluding carboxylic acids is 1. The predicted molar refractivity (Wildman–Crippen MR) is 132 cm³/mol. The molecule has 0 spiro atoms. The van der Waals surface area contributed by atoms with Gasteiger partial charge >= 0.3 is 0 Å². The van der Waals surface area contributed by atoms with Crippen molar-refractivity contribution < 1.29 is 13.2 Å². The van der Waals surface area contributed by atoms with Crippen LogP contribution in [0, 0.1) is 19.8 Å². The van der Waals surface area contributed by atoms with Crippen LogP contribution in [0.25, 0.3) is 21.3 Å². The Morgan fingerprint density at radius 3 is 2.67 bits per heavy atom. The number of sulfone groups is 1. The molecule has 0 saturated carbocycles. The molecule has 1 fully saturated rings. The van der Waals surface area contributed by atoms with Gasteiger partial charge in [-0.25, -0.2) is 13.4 Å². The number of nitrogens with zero attached hydrogens (tertiary/aromatic N) is 3. The predicted octanol–water partition coefficient (Wildman–Crippen LogP) is 3.41. The van der Waals surface area contributed by atoms with Crippen LogP contribution in [0.5, 0.6) is 0 Å². The molecule has 0 aliphatic carbocycles. The average molecular weight is 488 g/mol. The highest BCUT2D eigenvalue weighted by Crippen LogP contribution is 2.31. The minimum atomic E-state index is -3.13. The summed E-state index contributed by atoms with van der Waals surface area (Å²) in [5.41, 5.74) is 3.83. The summed E-state index contributed by atoms with van der Waals surface area (Å²) < 4.78 is 25.3. The Balaban J connectivity index is 1.68. The highest BCUT2D eigenvalue weighted by molar-refractivity contribution is 7.91. The van der Waals surface area contributed by atoms with Gasteiger partial charge < -0.3 is 4.90 Å². The smallest absolute Gasteiger partial charge is 0.263 e. The molecule has 1 saturated heterocycles. The summed E-state index contributed by atoms with van der Waals surface area (Å²) >= 11 is 1.41. The van der Waals surface area contributed by atoms with E-state index in [1.165, 1.54) is 27.8 Å². The topological polar surface area (TPSA) is 89.3 Å². The SMILES string of the molecule is Cc1ccc(-c2csc3ncn(CC(=O)N(CC(C)C)[C@H]4CCS(=O)(=O)C4)c(=O)c23)cc1C. The number of carbonyl (C=O) groups is 1. The third-order valence-corrected chi connectivity index (χ3v) is 8.85. The van der Waals surface area contributed by atoms with E-state index in [1.54, 1.807) is 4.90 Å². The van der Waals surface area contributed by atoms with Crippen LogP contribution in [-0.4, -0.2) is 52.9 Å². The molecule has 0 radical (unpaired) electrons. The zero-order valence-corrected chi connectivity index (χ0v) is 21.0. The molecule has 4 rings (SSSR count). The summed E-state index contributed by atoms with van der Waals surface area (Å²) in [7, 11) is -3.13. The molecular formula is C24H29N3O4S2. The van der Waals surface area contributed by atoms with Crippen molar-refractivity contribution in [2.45, 2.75) is 46.7 Å². The number of benzene rings is 1. The number of rotatable bonds is 6. The average Bonchev–Trinajstić information content (AvgIpc) is 3.33. The van der Waals surface area contributed by atoms with Gasteiger partial charge in [0.1, 0.15) is 11.4 Å². The molecule has 0 unspecified atom stereocenters. The summed E-state index contributed by atoms with van der Waals surface area (Å²) in [6.07, 6.45) is 1.86. The first-order chi connectivity index (χ1) is 15.6. The van der Waals surface area contributed by atoms with Crippen LogP contribution in [0.4, 0.5) is 0 Å². The maximum absolute atomic E-state index is 13.4. The number of hydrogen-bond donors (Lipinski definition) is 0. The lowest BCUT2D eigenvalue weighted by Crippen LogP contribution is -2.45. The van der Waals surface area contributed by atoms with Gasteiger partial charge in [-0.2, -0.15) is 0 Å². The highest BCUT2D eigenvalue weighted by Gasteiger charge is 2.35. The molecule has 2 aromatic heterocycles. The second-order valence-corrected chi connectivity index (χ2v) is 12.4. The Morgan fingerprint density at radius 1 is 1.27 bits per heavy atom. The van der Waals surface area contributed by atoms with Crippen molar-refractivity contribution in [3.05, 3.63) is 51.4 Å². The molecule has 7 nitrogen and oxygen atoms in total. The van der Waals surface area contributed by atoms with Crippen molar-refractivity contribution in [1.82, 2.24) is 14.5 Å². The van der Waals surface area contributed by atoms with Crippen LogP contribution in [0.2, 0.25) is 0 Å². The quantitative estimate of drug-likeness (QED) is 0.532. The molecule has 9 heteroatoms. The van der Waals surface area contributed by atoms with E-state index in [4.69, 9.17) is 0 Å². The summed E-state index contributed by atoms with van der Waals surface area (Å²) in [6.45, 7) is 8.36. The molecule has 1 aliphatic rings. The first kappa shape index (κ1) is 23.6. The molecule has 1 atom stereocenters. The summed E-state index contributed by atoms with van der Waals surface area (Å²) in [4.78, 5) is 33.4. The second-order valence-electron chi connectivity index (χ2n) is 9.30. The second kappa shape index (κ2) is 9.02. The Bertz CT molecular complexity index is 1370. The number of thiophene rings is 1. The first-order valence-electron chi connectivity index (χ1n) is 11.1. The lowest BCUT2D eigenvalue weighted by Gasteiger charge is -2.30. The van der Waals surface area contributed by atoms with Crippen LogP contribution in [0.1, 0.15) is 31.4 Å². The lowest BCUT2D eigenvalue weighted by molar-refractivity contribution is -0.134. The molecule has 0 N–H and O–H groups in total. The minimum absolute atomic E-state index is 0.0148. The molecular weight excluding hydrogens is 458 g/mol. The molecule has 1 amide bonds. The van der Waals surface area contributed by atoms with Crippen molar-refractivity contribution in [3.63, 3.8) is 0 Å². The van der Waals surface area contributed by atoms with Crippen molar-refractivity contribution in [2.24, 2.45) is 5.92 Å². The van der Waals surface area contributed by atoms with E-state index in [9.17, 15) is 18.0 Å². The molecule has 3 aromatic rings. The maximum Gasteiger partial charge on any atom is 0.263 e. The van der Waals surface area contributed by atoms with Gasteiger partial charge in [0, 0.05) is 23.5 Å². The largest absolute Gasteiger partial charge is 0.337 e. The van der Waals surface area contributed by atoms with Crippen LogP contribution >= 0.6 is 11.3 Å². The number of aromatic nitrogens is 2. The molecule has 176 valence electrons. The third-order valence-electron chi connectivity index (χ3n) is 6.22. The van der Waals surface area contributed by atoms with Crippen molar-refractivity contribution in [2.75, 3.05) is 18.1 Å². The highest BCUT2D eigenvalue weighted by atomic mass is 32.2. The number of aryl methyl sites for hydroxylation is 2. The van der Waals surface area contributed by atoms with Gasteiger partial charge in [-0.15, -0.1) is 11.3 Å². The summed E-state index contributed by atoms with van der Waals surface area (Å²) in [5, 5.41) is 2.45. The number of hydrogen-bond acceptors (Lipinski definition) is 6. The van der Waals surface area contributed by atoms with E-state index >= 15 is 0 Å². The normalized spacial score (nSPS) is 17.7. The van der Waals surface area contributed by atoms with Gasteiger partial charge in [0.2, 0.25) is 5.91 Å². The fourth-order valence-electron chi connectivity index (χ4n) is 4.31. The van der Waals surface area contributed by atoms with Gasteiger partial charge in [-0.1, -0.05) is 32.0 Å². The van der Waals surface area contributed by atoms with Gasteiger partial charge in [0.05, 0.1) is 23.2 Å². The molecule has 3 heterocycles. The Morgan fingerprint density at radius 2 is 2.03 bits per heavy atom. The minimum Gasteiger partial charge on any atom is -0.337 e. The standard InChI is InChI=1S/C24H29N3O4S2/c1-15(2)10-27(19-7-8-33(30,31)13-19)21(28)11-26-14-25-23-22(24(26)29)20(12-32-23)18-6-5-16(3)17(4)9-18/h5-6,9,12,14-15,19H,7-8,10-11,13H2,1-4H3/t19-/m0/s1. The fraction of sp³-hybridized carbons (Fsp3) is 0.458. The monoisotopic (exact) mass is 487 g/mol. The van der Waals surface area contributed by atoms with Crippen LogP contribution in [-0.2, 0) is 21.2 Å². The van der Waals surface area contributed by atoms with Gasteiger partial charge in [0.25, 0.3) is 5.56 Å². The fourth-order valence-corrected chi connectivity index (χ4v) is 6.94. The molecule has 1 aromatic carbocycles. The van der Waals surface area contributed by atoms with E-state index in [-0.39, 0.29) is 41.5 Å². The Kier molecular flexibility index (Phi) is 6.46. The number of fused-ring (bicyclic) bond motifs is 1. The van der Waals surface area contributed by atoms with Gasteiger partial charge in [0.15, 0.2) is 9.84 Å². The molecule has 33 heavy (non-hydrogen) atoms. The van der Waals surface area contributed by atoms with Crippen LogP contribution in [0.15, 0.2) is 34.7 Å². The van der Waals surface area contributed by atoms with E-state index in [2.05, 4.69) is 11.1 Å². The molecule has 1 aliphatic heterocycles. The van der Waals surface area contributed by atoms with E-state index < -0.39 is 9.84 Å². The third kappa shape index (κ3) is 4.89. The summed E-state index contributed by atoms with van der Waals surface area (Å²) in [6, 6.07) is 5.75. The van der Waals surface area contributed by atoms with E-state index in [1.807, 2.05) is 45.2 Å². The van der Waals surface area contributed by atoms with Gasteiger partial charge in [-0.05, 0) is 42.9 Å². The zero-order chi connectivity index (χ0) is 23.9. The number of amides is 1. The van der Waals surface area contributed by atoms with Crippen molar-refractivity contribution in [3.8, 4) is 11.1 Å². The van der Waals surface area contributed by atoms with Crippen LogP contribution in [0.3, 0.4) is 0 Å². The lowest BCUT2D eigenvalue weighted by atomic mass is 10.0. The first-order valence-corrected chi connectivity index (χ1v) is 13.8. The zero-order valence-electron chi connectivity index (χ0n) is 19.4. The van der Waals surface area contributed by atoms with E-state index in [0.29, 0.717) is 23.2 Å². The van der Waals surface area contributed by atoms with Crippen LogP contribution < -0.4 is 5.56 Å². The maximum atomic E-state index is 13.4. The van der Waals surface area contributed by atoms with E-state index in [0.717, 1.165) is 16.7 Å². The van der Waals surface area contributed by atoms with Gasteiger partial charge in [-0.3, -0.25) is 14.2 Å². The van der Waals surface area contributed by atoms with Crippen molar-refractivity contribution >= 4 is 37.3 Å². The Hall–Kier alpha value is -2.52. The van der Waals surface area contributed by atoms with Crippen molar-refractivity contribution in [1.29, 1.82) is 0 Å². The summed E-state index contributed by atoms with van der Waals surface area (Å²) in [5.74, 6) is 0.0141. The Labute approximate surface area is 198 Å².